The van der Waals surface area contributed by atoms with Gasteiger partial charge < -0.3 is 25.0 Å². The zero-order chi connectivity index (χ0) is 17.2. The molecule has 9 heteroatoms. The largest absolute Gasteiger partial charge is 0.450 e. The van der Waals surface area contributed by atoms with E-state index in [0.29, 0.717) is 38.1 Å². The van der Waals surface area contributed by atoms with Crippen LogP contribution in [0.1, 0.15) is 26.2 Å². The van der Waals surface area contributed by atoms with Gasteiger partial charge in [-0.15, -0.1) is 5.10 Å². The van der Waals surface area contributed by atoms with E-state index in [1.54, 1.807) is 18.2 Å². The molecule has 2 N–H and O–H groups in total. The number of nitrogens with one attached hydrogen (secondary N) is 2. The summed E-state index contributed by atoms with van der Waals surface area (Å²) in [5, 5.41) is 14.5. The number of piperidine rings is 1. The highest BCUT2D eigenvalue weighted by atomic mass is 16.6. The van der Waals surface area contributed by atoms with Crippen molar-refractivity contribution in [2.45, 2.75) is 32.2 Å². The Bertz CT molecular complexity index is 508. The van der Waals surface area contributed by atoms with Gasteiger partial charge in [-0.25, -0.2) is 4.79 Å². The molecule has 0 saturated carbocycles. The number of nitrogens with zero attached hydrogens (tertiary/aromatic N) is 4. The Morgan fingerprint density at radius 3 is 2.92 bits per heavy atom. The van der Waals surface area contributed by atoms with Crippen molar-refractivity contribution in [3.05, 3.63) is 6.20 Å². The summed E-state index contributed by atoms with van der Waals surface area (Å²) in [5.41, 5.74) is 0. The molecule has 1 aromatic rings. The molecule has 1 aliphatic heterocycles. The van der Waals surface area contributed by atoms with E-state index >= 15 is 0 Å². The minimum atomic E-state index is -0.240. The molecular formula is C15H26N6O3. The van der Waals surface area contributed by atoms with Crippen LogP contribution in [-0.4, -0.2) is 72.2 Å². The number of hydrogen-bond acceptors (Lipinski definition) is 8. The van der Waals surface area contributed by atoms with Gasteiger partial charge in [-0.1, -0.05) is 0 Å². The second-order valence-corrected chi connectivity index (χ2v) is 5.54. The summed E-state index contributed by atoms with van der Waals surface area (Å²) in [6, 6.07) is 0.223. The predicted molar refractivity (Wildman–Crippen MR) is 90.0 cm³/mol. The zero-order valence-electron chi connectivity index (χ0n) is 14.3. The molecule has 0 spiro atoms. The minimum Gasteiger partial charge on any atom is -0.450 e. The Morgan fingerprint density at radius 1 is 1.42 bits per heavy atom. The topological polar surface area (TPSA) is 102 Å². The summed E-state index contributed by atoms with van der Waals surface area (Å²) >= 11 is 0. The summed E-state index contributed by atoms with van der Waals surface area (Å²) in [7, 11) is 1.68. The molecule has 1 saturated heterocycles. The van der Waals surface area contributed by atoms with E-state index in [2.05, 4.69) is 25.8 Å². The molecule has 1 aromatic heterocycles. The Balaban J connectivity index is 1.77. The maximum atomic E-state index is 11.7. The third-order valence-corrected chi connectivity index (χ3v) is 3.74. The number of aromatic nitrogens is 3. The van der Waals surface area contributed by atoms with Crippen molar-refractivity contribution in [1.82, 2.24) is 20.1 Å². The maximum absolute atomic E-state index is 11.7. The van der Waals surface area contributed by atoms with Crippen LogP contribution in [-0.2, 0) is 9.47 Å². The fourth-order valence-corrected chi connectivity index (χ4v) is 2.49. The average Bonchev–Trinajstić information content (AvgIpc) is 2.60. The van der Waals surface area contributed by atoms with E-state index in [4.69, 9.17) is 9.47 Å². The molecule has 9 nitrogen and oxygen atoms in total. The number of carbonyl (C=O) groups is 1. The number of carbonyl (C=O) groups excluding carboxylic acids is 1. The van der Waals surface area contributed by atoms with Crippen LogP contribution in [0.25, 0.3) is 0 Å². The van der Waals surface area contributed by atoms with Crippen molar-refractivity contribution in [3.8, 4) is 0 Å². The van der Waals surface area contributed by atoms with Crippen LogP contribution < -0.4 is 10.6 Å². The standard InChI is InChI=1S/C15H26N6O3/c1-3-24-15(22)21-8-5-12(6-9-21)18-14-19-13(11-17-20-14)16-7-4-10-23-2/h11-12H,3-10H2,1-2H3,(H2,16,18,19,20). The van der Waals surface area contributed by atoms with Crippen LogP contribution in [0.15, 0.2) is 6.20 Å². The summed E-state index contributed by atoms with van der Waals surface area (Å²) in [6.07, 6.45) is 3.91. The number of anilines is 2. The van der Waals surface area contributed by atoms with Crippen molar-refractivity contribution < 1.29 is 14.3 Å². The third-order valence-electron chi connectivity index (χ3n) is 3.74. The van der Waals surface area contributed by atoms with E-state index in [1.807, 2.05) is 6.92 Å². The van der Waals surface area contributed by atoms with Gasteiger partial charge >= 0.3 is 6.09 Å². The van der Waals surface area contributed by atoms with Crippen molar-refractivity contribution in [2.24, 2.45) is 0 Å². The zero-order valence-corrected chi connectivity index (χ0v) is 14.3. The quantitative estimate of drug-likeness (QED) is 0.685. The molecule has 1 amide bonds. The SMILES string of the molecule is CCOC(=O)N1CCC(Nc2nncc(NCCCOC)n2)CC1. The molecule has 0 aliphatic carbocycles. The van der Waals surface area contributed by atoms with Crippen LogP contribution in [0.5, 0.6) is 0 Å². The second kappa shape index (κ2) is 9.86. The molecule has 0 atom stereocenters. The molecule has 0 radical (unpaired) electrons. The first-order chi connectivity index (χ1) is 11.7. The smallest absolute Gasteiger partial charge is 0.409 e. The molecule has 24 heavy (non-hydrogen) atoms. The third kappa shape index (κ3) is 5.80. The van der Waals surface area contributed by atoms with Crippen LogP contribution in [0.3, 0.4) is 0 Å². The highest BCUT2D eigenvalue weighted by molar-refractivity contribution is 5.67. The summed E-state index contributed by atoms with van der Waals surface area (Å²) in [5.74, 6) is 1.19. The number of ether oxygens (including phenoxy) is 2. The van der Waals surface area contributed by atoms with Crippen LogP contribution in [0, 0.1) is 0 Å². The Morgan fingerprint density at radius 2 is 2.21 bits per heavy atom. The van der Waals surface area contributed by atoms with Gasteiger partial charge in [-0.3, -0.25) is 0 Å². The first kappa shape index (κ1) is 18.2. The molecule has 1 aliphatic rings. The van der Waals surface area contributed by atoms with Gasteiger partial charge in [0, 0.05) is 39.4 Å². The lowest BCUT2D eigenvalue weighted by molar-refractivity contribution is 0.0983. The number of likely N-dealkylation sites (tertiary alicyclic amines) is 1. The van der Waals surface area contributed by atoms with Crippen molar-refractivity contribution in [3.63, 3.8) is 0 Å². The lowest BCUT2D eigenvalue weighted by Crippen LogP contribution is -2.42. The van der Waals surface area contributed by atoms with Crippen molar-refractivity contribution >= 4 is 17.9 Å². The monoisotopic (exact) mass is 338 g/mol. The molecule has 0 bridgehead atoms. The van der Waals surface area contributed by atoms with Gasteiger partial charge in [0.05, 0.1) is 12.8 Å². The van der Waals surface area contributed by atoms with Crippen LogP contribution in [0.2, 0.25) is 0 Å². The molecule has 1 fully saturated rings. The number of rotatable bonds is 8. The summed E-state index contributed by atoms with van der Waals surface area (Å²) in [6.45, 7) is 5.02. The molecule has 0 aromatic carbocycles. The van der Waals surface area contributed by atoms with E-state index in [-0.39, 0.29) is 12.1 Å². The molecule has 2 rings (SSSR count). The van der Waals surface area contributed by atoms with Crippen molar-refractivity contribution in [2.75, 3.05) is 50.6 Å². The molecular weight excluding hydrogens is 312 g/mol. The fraction of sp³-hybridized carbons (Fsp3) is 0.733. The first-order valence-electron chi connectivity index (χ1n) is 8.33. The summed E-state index contributed by atoms with van der Waals surface area (Å²) in [4.78, 5) is 17.8. The van der Waals surface area contributed by atoms with Gasteiger partial charge in [0.2, 0.25) is 5.95 Å². The lowest BCUT2D eigenvalue weighted by Gasteiger charge is -2.31. The van der Waals surface area contributed by atoms with E-state index in [0.717, 1.165) is 25.8 Å². The number of amides is 1. The predicted octanol–water partition coefficient (Wildman–Crippen LogP) is 1.35. The van der Waals surface area contributed by atoms with Gasteiger partial charge in [0.25, 0.3) is 0 Å². The fourth-order valence-electron chi connectivity index (χ4n) is 2.49. The lowest BCUT2D eigenvalue weighted by atomic mass is 10.1. The number of hydrogen-bond donors (Lipinski definition) is 2. The highest BCUT2D eigenvalue weighted by Crippen LogP contribution is 2.15. The minimum absolute atomic E-state index is 0.223. The van der Waals surface area contributed by atoms with Crippen molar-refractivity contribution in [1.29, 1.82) is 0 Å². The maximum Gasteiger partial charge on any atom is 0.409 e. The molecule has 134 valence electrons. The van der Waals surface area contributed by atoms with Crippen LogP contribution >= 0.6 is 0 Å². The average molecular weight is 338 g/mol. The molecule has 0 unspecified atom stereocenters. The Kier molecular flexibility index (Phi) is 7.47. The normalized spacial score (nSPS) is 15.2. The Labute approximate surface area is 142 Å². The number of methoxy groups -OCH3 is 1. The second-order valence-electron chi connectivity index (χ2n) is 5.54. The molecule has 2 heterocycles. The highest BCUT2D eigenvalue weighted by Gasteiger charge is 2.24. The first-order valence-corrected chi connectivity index (χ1v) is 8.33. The van der Waals surface area contributed by atoms with E-state index in [9.17, 15) is 4.79 Å². The van der Waals surface area contributed by atoms with E-state index in [1.165, 1.54) is 0 Å². The Hall–Kier alpha value is -2.16. The van der Waals surface area contributed by atoms with Gasteiger partial charge in [0.1, 0.15) is 0 Å². The van der Waals surface area contributed by atoms with Gasteiger partial charge in [0.15, 0.2) is 5.82 Å². The summed E-state index contributed by atoms with van der Waals surface area (Å²) < 4.78 is 10.0. The van der Waals surface area contributed by atoms with Gasteiger partial charge in [-0.05, 0) is 26.2 Å². The van der Waals surface area contributed by atoms with E-state index < -0.39 is 0 Å². The van der Waals surface area contributed by atoms with Gasteiger partial charge in [-0.2, -0.15) is 10.1 Å². The van der Waals surface area contributed by atoms with Crippen LogP contribution in [0.4, 0.5) is 16.6 Å².